The molecule has 3 nitrogen and oxygen atoms in total. The van der Waals surface area contributed by atoms with E-state index in [0.717, 1.165) is 21.2 Å². The molecule has 1 heterocycles. The van der Waals surface area contributed by atoms with Crippen molar-refractivity contribution in [1.82, 2.24) is 4.57 Å². The molecule has 0 aliphatic heterocycles. The number of hydrogen-bond donors (Lipinski definition) is 0. The molecule has 0 spiro atoms. The van der Waals surface area contributed by atoms with Crippen molar-refractivity contribution in [2.45, 2.75) is 13.5 Å². The molecule has 1 aromatic heterocycles. The number of benzene rings is 2. The first kappa shape index (κ1) is 15.5. The van der Waals surface area contributed by atoms with Gasteiger partial charge in [-0.1, -0.05) is 35.1 Å². The van der Waals surface area contributed by atoms with Crippen LogP contribution in [0, 0.1) is 0 Å². The number of aryl methyl sites for hydroxylation is 1. The predicted molar refractivity (Wildman–Crippen MR) is 94.5 cm³/mol. The molecular formula is C16H12BrClN2OS. The van der Waals surface area contributed by atoms with E-state index >= 15 is 0 Å². The van der Waals surface area contributed by atoms with Crippen molar-refractivity contribution < 1.29 is 4.79 Å². The zero-order valence-electron chi connectivity index (χ0n) is 11.7. The fourth-order valence-electron chi connectivity index (χ4n) is 2.22. The minimum absolute atomic E-state index is 0.257. The second kappa shape index (κ2) is 6.36. The lowest BCUT2D eigenvalue weighted by Gasteiger charge is -2.01. The van der Waals surface area contributed by atoms with Crippen LogP contribution in [0.1, 0.15) is 17.3 Å². The molecule has 0 N–H and O–H groups in total. The molecule has 0 radical (unpaired) electrons. The minimum atomic E-state index is -0.257. The molecule has 1 amide bonds. The molecule has 0 fully saturated rings. The molecule has 0 unspecified atom stereocenters. The summed E-state index contributed by atoms with van der Waals surface area (Å²) in [5.74, 6) is -0.257. The third-order valence-electron chi connectivity index (χ3n) is 3.26. The Morgan fingerprint density at radius 3 is 2.82 bits per heavy atom. The highest BCUT2D eigenvalue weighted by Crippen LogP contribution is 2.22. The molecule has 112 valence electrons. The van der Waals surface area contributed by atoms with Crippen LogP contribution in [0.25, 0.3) is 10.2 Å². The summed E-state index contributed by atoms with van der Waals surface area (Å²) < 4.78 is 3.79. The summed E-state index contributed by atoms with van der Waals surface area (Å²) in [6.07, 6.45) is 0. The number of thiazole rings is 1. The highest BCUT2D eigenvalue weighted by molar-refractivity contribution is 9.10. The van der Waals surface area contributed by atoms with Gasteiger partial charge in [-0.25, -0.2) is 0 Å². The van der Waals surface area contributed by atoms with E-state index in [-0.39, 0.29) is 5.91 Å². The average molecular weight is 396 g/mol. The molecule has 0 aliphatic rings. The standard InChI is InChI=1S/C16H12BrClN2OS/c1-2-20-13-8-7-10(18)9-14(13)22-16(20)19-15(21)11-5-3-4-6-12(11)17/h3-9H,2H2,1H3. The van der Waals surface area contributed by atoms with Crippen LogP contribution in [0.5, 0.6) is 0 Å². The summed E-state index contributed by atoms with van der Waals surface area (Å²) in [6, 6.07) is 13.0. The number of amides is 1. The number of carbonyl (C=O) groups is 1. The van der Waals surface area contributed by atoms with Crippen LogP contribution < -0.4 is 4.80 Å². The van der Waals surface area contributed by atoms with Gasteiger partial charge in [0.05, 0.1) is 15.8 Å². The fourth-order valence-corrected chi connectivity index (χ4v) is 4.04. The largest absolute Gasteiger partial charge is 0.317 e. The number of rotatable bonds is 2. The first-order valence-electron chi connectivity index (χ1n) is 6.72. The highest BCUT2D eigenvalue weighted by Gasteiger charge is 2.10. The van der Waals surface area contributed by atoms with Gasteiger partial charge in [-0.05, 0) is 53.2 Å². The van der Waals surface area contributed by atoms with Crippen LogP contribution in [-0.2, 0) is 6.54 Å². The minimum Gasteiger partial charge on any atom is -0.317 e. The van der Waals surface area contributed by atoms with Crippen LogP contribution in [0.15, 0.2) is 51.9 Å². The predicted octanol–water partition coefficient (Wildman–Crippen LogP) is 4.88. The van der Waals surface area contributed by atoms with E-state index in [4.69, 9.17) is 11.6 Å². The first-order chi connectivity index (χ1) is 10.6. The van der Waals surface area contributed by atoms with Crippen LogP contribution in [0.2, 0.25) is 5.02 Å². The molecule has 0 atom stereocenters. The molecule has 22 heavy (non-hydrogen) atoms. The monoisotopic (exact) mass is 394 g/mol. The molecule has 2 aromatic carbocycles. The van der Waals surface area contributed by atoms with Crippen molar-refractivity contribution in [3.8, 4) is 0 Å². The summed E-state index contributed by atoms with van der Waals surface area (Å²) in [6.45, 7) is 2.77. The van der Waals surface area contributed by atoms with E-state index in [1.807, 2.05) is 47.9 Å². The topological polar surface area (TPSA) is 34.4 Å². The van der Waals surface area contributed by atoms with Crippen LogP contribution in [0.3, 0.4) is 0 Å². The highest BCUT2D eigenvalue weighted by atomic mass is 79.9. The Balaban J connectivity index is 2.17. The van der Waals surface area contributed by atoms with Gasteiger partial charge in [0.1, 0.15) is 0 Å². The third kappa shape index (κ3) is 2.89. The molecule has 0 aliphatic carbocycles. The maximum Gasteiger partial charge on any atom is 0.280 e. The van der Waals surface area contributed by atoms with E-state index in [9.17, 15) is 4.79 Å². The lowest BCUT2D eigenvalue weighted by Crippen LogP contribution is -2.16. The zero-order chi connectivity index (χ0) is 15.7. The molecule has 3 aromatic rings. The average Bonchev–Trinajstić information content (AvgIpc) is 2.83. The molecule has 0 saturated carbocycles. The van der Waals surface area contributed by atoms with Gasteiger partial charge in [0, 0.05) is 16.0 Å². The van der Waals surface area contributed by atoms with Crippen LogP contribution in [-0.4, -0.2) is 10.5 Å². The van der Waals surface area contributed by atoms with Gasteiger partial charge in [-0.15, -0.1) is 0 Å². The van der Waals surface area contributed by atoms with E-state index in [1.54, 1.807) is 6.07 Å². The first-order valence-corrected chi connectivity index (χ1v) is 8.71. The van der Waals surface area contributed by atoms with Gasteiger partial charge >= 0.3 is 0 Å². The molecule has 6 heteroatoms. The second-order valence-electron chi connectivity index (χ2n) is 4.64. The number of nitrogens with zero attached hydrogens (tertiary/aromatic N) is 2. The van der Waals surface area contributed by atoms with E-state index in [0.29, 0.717) is 15.4 Å². The van der Waals surface area contributed by atoms with Gasteiger partial charge in [0.2, 0.25) is 0 Å². The smallest absolute Gasteiger partial charge is 0.280 e. The summed E-state index contributed by atoms with van der Waals surface area (Å²) >= 11 is 10.9. The maximum atomic E-state index is 12.4. The molecule has 0 bridgehead atoms. The molecule has 0 saturated heterocycles. The lowest BCUT2D eigenvalue weighted by atomic mass is 10.2. The zero-order valence-corrected chi connectivity index (χ0v) is 14.9. The summed E-state index contributed by atoms with van der Waals surface area (Å²) in [7, 11) is 0. The number of aromatic nitrogens is 1. The second-order valence-corrected chi connectivity index (χ2v) is 6.94. The molecule has 3 rings (SSSR count). The maximum absolute atomic E-state index is 12.4. The van der Waals surface area contributed by atoms with E-state index in [2.05, 4.69) is 20.9 Å². The van der Waals surface area contributed by atoms with Gasteiger partial charge in [0.15, 0.2) is 4.80 Å². The van der Waals surface area contributed by atoms with E-state index in [1.165, 1.54) is 11.3 Å². The Morgan fingerprint density at radius 2 is 2.09 bits per heavy atom. The Labute approximate surface area is 145 Å². The van der Waals surface area contributed by atoms with Crippen molar-refractivity contribution >= 4 is 55.0 Å². The number of hydrogen-bond acceptors (Lipinski definition) is 2. The Kier molecular flexibility index (Phi) is 4.47. The Hall–Kier alpha value is -1.43. The van der Waals surface area contributed by atoms with Crippen LogP contribution in [0.4, 0.5) is 0 Å². The molecular weight excluding hydrogens is 384 g/mol. The van der Waals surface area contributed by atoms with E-state index < -0.39 is 0 Å². The van der Waals surface area contributed by atoms with Crippen LogP contribution >= 0.6 is 38.9 Å². The summed E-state index contributed by atoms with van der Waals surface area (Å²) in [5.41, 5.74) is 1.59. The normalized spacial score (nSPS) is 12.0. The van der Waals surface area contributed by atoms with Crippen molar-refractivity contribution in [2.75, 3.05) is 0 Å². The van der Waals surface area contributed by atoms with Crippen molar-refractivity contribution in [3.05, 3.63) is 62.3 Å². The Bertz CT molecular complexity index is 929. The van der Waals surface area contributed by atoms with Gasteiger partial charge in [0.25, 0.3) is 5.91 Å². The fraction of sp³-hybridized carbons (Fsp3) is 0.125. The van der Waals surface area contributed by atoms with Gasteiger partial charge < -0.3 is 4.57 Å². The Morgan fingerprint density at radius 1 is 1.32 bits per heavy atom. The van der Waals surface area contributed by atoms with Gasteiger partial charge in [-0.2, -0.15) is 4.99 Å². The van der Waals surface area contributed by atoms with Crippen molar-refractivity contribution in [3.63, 3.8) is 0 Å². The number of carbonyl (C=O) groups excluding carboxylic acids is 1. The lowest BCUT2D eigenvalue weighted by molar-refractivity contribution is 0.0997. The van der Waals surface area contributed by atoms with Crippen molar-refractivity contribution in [1.29, 1.82) is 0 Å². The third-order valence-corrected chi connectivity index (χ3v) is 5.23. The van der Waals surface area contributed by atoms with Gasteiger partial charge in [-0.3, -0.25) is 4.79 Å². The van der Waals surface area contributed by atoms with Crippen molar-refractivity contribution in [2.24, 2.45) is 4.99 Å². The summed E-state index contributed by atoms with van der Waals surface area (Å²) in [5, 5.41) is 0.681. The number of fused-ring (bicyclic) bond motifs is 1. The SMILES string of the molecule is CCn1c(=NC(=O)c2ccccc2Br)sc2cc(Cl)ccc21. The number of halogens is 2. The quantitative estimate of drug-likeness (QED) is 0.609. The summed E-state index contributed by atoms with van der Waals surface area (Å²) in [4.78, 5) is 17.4.